The molecule has 3 aromatic rings. The number of benzene rings is 1. The van der Waals surface area contributed by atoms with Crippen LogP contribution < -0.4 is 10.9 Å². The topological polar surface area (TPSA) is 141 Å². The molecule has 9 nitrogen and oxygen atoms in total. The predicted molar refractivity (Wildman–Crippen MR) is 83.5 cm³/mol. The van der Waals surface area contributed by atoms with Crippen LogP contribution in [0.2, 0.25) is 0 Å². The van der Waals surface area contributed by atoms with Crippen molar-refractivity contribution < 1.29 is 14.7 Å². The van der Waals surface area contributed by atoms with Crippen molar-refractivity contribution in [1.29, 1.82) is 0 Å². The summed E-state index contributed by atoms with van der Waals surface area (Å²) in [4.78, 5) is 42.1. The summed E-state index contributed by atoms with van der Waals surface area (Å²) < 4.78 is 0. The summed E-state index contributed by atoms with van der Waals surface area (Å²) in [5.74, 6) is -1.87. The van der Waals surface area contributed by atoms with Crippen LogP contribution in [0, 0.1) is 0 Å². The molecular formula is C15H13N5O4. The Labute approximate surface area is 134 Å². The van der Waals surface area contributed by atoms with Crippen LogP contribution in [-0.2, 0) is 11.2 Å². The largest absolute Gasteiger partial charge is 0.480 e. The number of carbonyl (C=O) groups excluding carboxylic acids is 1. The Bertz CT molecular complexity index is 948. The summed E-state index contributed by atoms with van der Waals surface area (Å²) >= 11 is 0. The highest BCUT2D eigenvalue weighted by atomic mass is 16.4. The third kappa shape index (κ3) is 3.00. The number of nitrogens with zero attached hydrogens (tertiary/aromatic N) is 2. The Kier molecular flexibility index (Phi) is 4.06. The van der Waals surface area contributed by atoms with E-state index >= 15 is 0 Å². The first-order valence-electron chi connectivity index (χ1n) is 7.04. The number of hydrogen-bond acceptors (Lipinski definition) is 5. The van der Waals surface area contributed by atoms with Crippen molar-refractivity contribution in [3.63, 3.8) is 0 Å². The zero-order valence-corrected chi connectivity index (χ0v) is 12.3. The zero-order chi connectivity index (χ0) is 17.1. The SMILES string of the molecule is O=C(N[C@@H](Cc1cnc[nH]1)C(=O)O)c1n[nH]c(=O)c2ccccc12. The van der Waals surface area contributed by atoms with E-state index in [9.17, 15) is 19.5 Å². The van der Waals surface area contributed by atoms with Gasteiger partial charge in [-0.25, -0.2) is 14.9 Å². The molecule has 0 spiro atoms. The Balaban J connectivity index is 1.90. The monoisotopic (exact) mass is 327 g/mol. The number of amides is 1. The summed E-state index contributed by atoms with van der Waals surface area (Å²) in [6.45, 7) is 0. The van der Waals surface area contributed by atoms with E-state index in [-0.39, 0.29) is 12.1 Å². The van der Waals surface area contributed by atoms with Gasteiger partial charge in [0.1, 0.15) is 6.04 Å². The van der Waals surface area contributed by atoms with Gasteiger partial charge in [0.25, 0.3) is 11.5 Å². The van der Waals surface area contributed by atoms with Crippen LogP contribution in [0.5, 0.6) is 0 Å². The number of nitrogens with one attached hydrogen (secondary N) is 3. The highest BCUT2D eigenvalue weighted by Gasteiger charge is 2.23. The summed E-state index contributed by atoms with van der Waals surface area (Å²) in [7, 11) is 0. The molecule has 0 saturated carbocycles. The first kappa shape index (κ1) is 15.4. The number of carboxylic acid groups (broad SMARTS) is 1. The smallest absolute Gasteiger partial charge is 0.326 e. The summed E-state index contributed by atoms with van der Waals surface area (Å²) in [6.07, 6.45) is 2.95. The number of carboxylic acids is 1. The van der Waals surface area contributed by atoms with Crippen LogP contribution in [0.25, 0.3) is 10.8 Å². The number of hydrogen-bond donors (Lipinski definition) is 4. The highest BCUT2D eigenvalue weighted by molar-refractivity contribution is 6.05. The van der Waals surface area contributed by atoms with E-state index in [2.05, 4.69) is 25.5 Å². The Morgan fingerprint density at radius 3 is 2.67 bits per heavy atom. The van der Waals surface area contributed by atoms with Crippen LogP contribution in [0.4, 0.5) is 0 Å². The molecule has 1 amide bonds. The number of carbonyl (C=O) groups is 2. The van der Waals surface area contributed by atoms with E-state index in [1.165, 1.54) is 12.5 Å². The van der Waals surface area contributed by atoms with Crippen molar-refractivity contribution in [3.8, 4) is 0 Å². The molecule has 0 aliphatic rings. The maximum atomic E-state index is 12.4. The second kappa shape index (κ2) is 6.32. The van der Waals surface area contributed by atoms with Crippen molar-refractivity contribution in [2.24, 2.45) is 0 Å². The summed E-state index contributed by atoms with van der Waals surface area (Å²) in [5.41, 5.74) is 0.109. The molecular weight excluding hydrogens is 314 g/mol. The van der Waals surface area contributed by atoms with Gasteiger partial charge in [-0.15, -0.1) is 0 Å². The quantitative estimate of drug-likeness (QED) is 0.523. The van der Waals surface area contributed by atoms with Crippen LogP contribution in [-0.4, -0.2) is 43.2 Å². The molecule has 2 aromatic heterocycles. The number of aromatic amines is 2. The minimum absolute atomic E-state index is 0.0407. The first-order valence-corrected chi connectivity index (χ1v) is 7.04. The summed E-state index contributed by atoms with van der Waals surface area (Å²) in [6, 6.07) is 5.31. The molecule has 0 unspecified atom stereocenters. The van der Waals surface area contributed by atoms with Gasteiger partial charge in [-0.3, -0.25) is 9.59 Å². The van der Waals surface area contributed by atoms with Gasteiger partial charge >= 0.3 is 5.97 Å². The first-order chi connectivity index (χ1) is 11.6. The lowest BCUT2D eigenvalue weighted by Gasteiger charge is -2.13. The zero-order valence-electron chi connectivity index (χ0n) is 12.3. The van der Waals surface area contributed by atoms with Crippen molar-refractivity contribution in [3.05, 3.63) is 58.5 Å². The molecule has 2 heterocycles. The van der Waals surface area contributed by atoms with Gasteiger partial charge < -0.3 is 15.4 Å². The fraction of sp³-hybridized carbons (Fsp3) is 0.133. The number of fused-ring (bicyclic) bond motifs is 1. The predicted octanol–water partition coefficient (Wildman–Crippen LogP) is 0.0719. The molecule has 0 aliphatic carbocycles. The van der Waals surface area contributed by atoms with Crippen molar-refractivity contribution in [2.45, 2.75) is 12.5 Å². The molecule has 1 aromatic carbocycles. The number of imidazole rings is 1. The fourth-order valence-electron chi connectivity index (χ4n) is 2.33. The van der Waals surface area contributed by atoms with Gasteiger partial charge in [-0.1, -0.05) is 18.2 Å². The average Bonchev–Trinajstić information content (AvgIpc) is 3.07. The lowest BCUT2D eigenvalue weighted by atomic mass is 10.1. The highest BCUT2D eigenvalue weighted by Crippen LogP contribution is 2.12. The average molecular weight is 327 g/mol. The molecule has 122 valence electrons. The maximum absolute atomic E-state index is 12.4. The summed E-state index contributed by atoms with van der Waals surface area (Å²) in [5, 5.41) is 18.4. The van der Waals surface area contributed by atoms with Gasteiger partial charge in [-0.2, -0.15) is 5.10 Å². The van der Waals surface area contributed by atoms with E-state index in [1.54, 1.807) is 24.3 Å². The molecule has 0 saturated heterocycles. The Hall–Kier alpha value is -3.49. The molecule has 9 heteroatoms. The third-order valence-corrected chi connectivity index (χ3v) is 3.49. The number of aromatic nitrogens is 4. The Morgan fingerprint density at radius 1 is 1.25 bits per heavy atom. The Morgan fingerprint density at radius 2 is 2.00 bits per heavy atom. The lowest BCUT2D eigenvalue weighted by Crippen LogP contribution is -2.43. The second-order valence-electron chi connectivity index (χ2n) is 5.09. The molecule has 0 fully saturated rings. The van der Waals surface area contributed by atoms with Crippen molar-refractivity contribution >= 4 is 22.6 Å². The molecule has 4 N–H and O–H groups in total. The van der Waals surface area contributed by atoms with Gasteiger partial charge in [0, 0.05) is 23.7 Å². The second-order valence-corrected chi connectivity index (χ2v) is 5.09. The fourth-order valence-corrected chi connectivity index (χ4v) is 2.33. The van der Waals surface area contributed by atoms with Gasteiger partial charge in [0.05, 0.1) is 11.7 Å². The molecule has 1 atom stereocenters. The standard InChI is InChI=1S/C15H13N5O4/c21-13-10-4-2-1-3-9(10)12(19-20-13)14(22)18-11(15(23)24)5-8-6-16-7-17-8/h1-4,6-7,11H,5H2,(H,16,17)(H,18,22)(H,20,21)(H,23,24)/t11-/m0/s1. The normalized spacial score (nSPS) is 12.0. The van der Waals surface area contributed by atoms with Crippen molar-refractivity contribution in [2.75, 3.05) is 0 Å². The van der Waals surface area contributed by atoms with Crippen LogP contribution >= 0.6 is 0 Å². The van der Waals surface area contributed by atoms with Gasteiger partial charge in [-0.05, 0) is 6.07 Å². The van der Waals surface area contributed by atoms with E-state index in [4.69, 9.17) is 0 Å². The minimum Gasteiger partial charge on any atom is -0.480 e. The number of aliphatic carboxylic acids is 1. The van der Waals surface area contributed by atoms with Crippen LogP contribution in [0.3, 0.4) is 0 Å². The molecule has 0 radical (unpaired) electrons. The number of rotatable bonds is 5. The van der Waals surface area contributed by atoms with E-state index in [0.717, 1.165) is 0 Å². The van der Waals surface area contributed by atoms with E-state index in [1.807, 2.05) is 0 Å². The van der Waals surface area contributed by atoms with Gasteiger partial charge in [0.15, 0.2) is 5.69 Å². The third-order valence-electron chi connectivity index (χ3n) is 3.49. The van der Waals surface area contributed by atoms with Crippen molar-refractivity contribution in [1.82, 2.24) is 25.5 Å². The van der Waals surface area contributed by atoms with Crippen LogP contribution in [0.15, 0.2) is 41.6 Å². The molecule has 3 rings (SSSR count). The lowest BCUT2D eigenvalue weighted by molar-refractivity contribution is -0.139. The molecule has 0 aliphatic heterocycles. The molecule has 24 heavy (non-hydrogen) atoms. The molecule has 0 bridgehead atoms. The minimum atomic E-state index is -1.19. The van der Waals surface area contributed by atoms with E-state index in [0.29, 0.717) is 16.5 Å². The number of H-pyrrole nitrogens is 2. The van der Waals surface area contributed by atoms with Gasteiger partial charge in [0.2, 0.25) is 0 Å². The van der Waals surface area contributed by atoms with E-state index < -0.39 is 23.5 Å². The van der Waals surface area contributed by atoms with Crippen LogP contribution in [0.1, 0.15) is 16.2 Å². The maximum Gasteiger partial charge on any atom is 0.326 e.